The van der Waals surface area contributed by atoms with Crippen LogP contribution in [0, 0.1) is 0 Å². The summed E-state index contributed by atoms with van der Waals surface area (Å²) >= 11 is 3.47. The molecule has 0 aliphatic rings. The highest BCUT2D eigenvalue weighted by atomic mass is 79.9. The molecule has 0 bridgehead atoms. The Morgan fingerprint density at radius 1 is 1.43 bits per heavy atom. The molecular weight excluding hydrogens is 244 g/mol. The third-order valence-corrected chi connectivity index (χ3v) is 2.58. The lowest BCUT2D eigenvalue weighted by Gasteiger charge is -2.08. The van der Waals surface area contributed by atoms with Gasteiger partial charge in [-0.05, 0) is 27.6 Å². The number of nitrogens with two attached hydrogens (primary N) is 1. The van der Waals surface area contributed by atoms with E-state index in [0.717, 1.165) is 15.7 Å². The molecule has 0 saturated carbocycles. The maximum Gasteiger partial charge on any atom is 0.0850 e. The first-order valence-corrected chi connectivity index (χ1v) is 4.96. The number of hydrogen-bond donors (Lipinski definition) is 1. The number of benzene rings is 1. The molecule has 0 spiro atoms. The third kappa shape index (κ3) is 1.56. The van der Waals surface area contributed by atoms with Crippen LogP contribution in [0.2, 0.25) is 0 Å². The fraction of sp³-hybridized carbons (Fsp3) is 0.111. The summed E-state index contributed by atoms with van der Waals surface area (Å²) in [4.78, 5) is 0. The number of nitrogens with zero attached hydrogens (tertiary/aromatic N) is 3. The highest BCUT2D eigenvalue weighted by Crippen LogP contribution is 2.23. The lowest BCUT2D eigenvalue weighted by atomic mass is 10.2. The minimum Gasteiger partial charge on any atom is -0.326 e. The molecule has 1 heterocycles. The van der Waals surface area contributed by atoms with Crippen molar-refractivity contribution in [2.45, 2.75) is 6.54 Å². The molecule has 2 N–H and O–H groups in total. The molecule has 0 fully saturated rings. The minimum absolute atomic E-state index is 0.481. The van der Waals surface area contributed by atoms with Gasteiger partial charge in [0.25, 0.3) is 0 Å². The van der Waals surface area contributed by atoms with Crippen molar-refractivity contribution in [2.75, 3.05) is 0 Å². The Balaban J connectivity index is 2.61. The lowest BCUT2D eigenvalue weighted by Crippen LogP contribution is -2.05. The summed E-state index contributed by atoms with van der Waals surface area (Å²) in [6.45, 7) is 0.481. The van der Waals surface area contributed by atoms with E-state index in [1.165, 1.54) is 0 Å². The van der Waals surface area contributed by atoms with Gasteiger partial charge in [-0.15, -0.1) is 5.10 Å². The second kappa shape index (κ2) is 3.89. The summed E-state index contributed by atoms with van der Waals surface area (Å²) in [6, 6.07) is 5.88. The summed E-state index contributed by atoms with van der Waals surface area (Å²) in [5.74, 6) is 0. The summed E-state index contributed by atoms with van der Waals surface area (Å²) < 4.78 is 2.66. The van der Waals surface area contributed by atoms with Crippen molar-refractivity contribution in [1.82, 2.24) is 15.0 Å². The number of aromatic nitrogens is 3. The van der Waals surface area contributed by atoms with Crippen LogP contribution in [0.1, 0.15) is 5.56 Å². The van der Waals surface area contributed by atoms with E-state index in [4.69, 9.17) is 5.73 Å². The first-order valence-electron chi connectivity index (χ1n) is 4.17. The lowest BCUT2D eigenvalue weighted by molar-refractivity contribution is 0.788. The van der Waals surface area contributed by atoms with Gasteiger partial charge in [-0.1, -0.05) is 17.3 Å². The molecule has 0 aliphatic heterocycles. The van der Waals surface area contributed by atoms with Crippen LogP contribution in [0.5, 0.6) is 0 Å². The molecule has 2 rings (SSSR count). The van der Waals surface area contributed by atoms with Crippen molar-refractivity contribution in [2.24, 2.45) is 5.73 Å². The number of halogens is 1. The SMILES string of the molecule is NCc1cccc(Br)c1-n1ccnn1. The summed E-state index contributed by atoms with van der Waals surface area (Å²) in [6.07, 6.45) is 3.43. The van der Waals surface area contributed by atoms with Gasteiger partial charge in [-0.2, -0.15) is 0 Å². The van der Waals surface area contributed by atoms with E-state index in [0.29, 0.717) is 6.54 Å². The van der Waals surface area contributed by atoms with Gasteiger partial charge in [-0.25, -0.2) is 4.68 Å². The predicted octanol–water partition coefficient (Wildman–Crippen LogP) is 1.49. The Bertz CT molecular complexity index is 424. The van der Waals surface area contributed by atoms with Crippen molar-refractivity contribution in [3.63, 3.8) is 0 Å². The molecule has 5 heteroatoms. The highest BCUT2D eigenvalue weighted by molar-refractivity contribution is 9.10. The number of hydrogen-bond acceptors (Lipinski definition) is 3. The van der Waals surface area contributed by atoms with E-state index in [2.05, 4.69) is 26.2 Å². The van der Waals surface area contributed by atoms with E-state index < -0.39 is 0 Å². The Kier molecular flexibility index (Phi) is 2.60. The largest absolute Gasteiger partial charge is 0.326 e. The average Bonchev–Trinajstić information content (AvgIpc) is 2.70. The Morgan fingerprint density at radius 3 is 2.93 bits per heavy atom. The molecule has 2 aromatic rings. The Labute approximate surface area is 89.9 Å². The Hall–Kier alpha value is -1.20. The Morgan fingerprint density at radius 2 is 2.29 bits per heavy atom. The van der Waals surface area contributed by atoms with E-state index in [1.54, 1.807) is 17.1 Å². The molecule has 0 atom stereocenters. The summed E-state index contributed by atoms with van der Waals surface area (Å²) in [5.41, 5.74) is 7.63. The normalized spacial score (nSPS) is 10.4. The average molecular weight is 253 g/mol. The number of rotatable bonds is 2. The molecule has 0 radical (unpaired) electrons. The quantitative estimate of drug-likeness (QED) is 0.882. The molecule has 14 heavy (non-hydrogen) atoms. The van der Waals surface area contributed by atoms with Crippen LogP contribution in [-0.4, -0.2) is 15.0 Å². The van der Waals surface area contributed by atoms with Crippen molar-refractivity contribution < 1.29 is 0 Å². The fourth-order valence-electron chi connectivity index (χ4n) is 1.31. The van der Waals surface area contributed by atoms with Gasteiger partial charge < -0.3 is 5.73 Å². The van der Waals surface area contributed by atoms with E-state index in [9.17, 15) is 0 Å². The maximum atomic E-state index is 5.64. The zero-order valence-corrected chi connectivity index (χ0v) is 8.98. The number of para-hydroxylation sites is 1. The molecule has 0 saturated heterocycles. The molecule has 4 nitrogen and oxygen atoms in total. The second-order valence-corrected chi connectivity index (χ2v) is 3.65. The maximum absolute atomic E-state index is 5.64. The van der Waals surface area contributed by atoms with Crippen LogP contribution >= 0.6 is 15.9 Å². The van der Waals surface area contributed by atoms with Crippen LogP contribution in [0.3, 0.4) is 0 Å². The molecular formula is C9H9BrN4. The third-order valence-electron chi connectivity index (χ3n) is 1.94. The molecule has 0 unspecified atom stereocenters. The second-order valence-electron chi connectivity index (χ2n) is 2.80. The van der Waals surface area contributed by atoms with Crippen molar-refractivity contribution in [3.05, 3.63) is 40.6 Å². The van der Waals surface area contributed by atoms with Crippen LogP contribution in [0.25, 0.3) is 5.69 Å². The molecule has 0 amide bonds. The summed E-state index contributed by atoms with van der Waals surface area (Å²) in [5, 5.41) is 7.70. The van der Waals surface area contributed by atoms with Crippen LogP contribution in [0.15, 0.2) is 35.1 Å². The van der Waals surface area contributed by atoms with Crippen LogP contribution in [-0.2, 0) is 6.54 Å². The standard InChI is InChI=1S/C9H9BrN4/c10-8-3-1-2-7(6-11)9(8)14-5-4-12-13-14/h1-5H,6,11H2. The van der Waals surface area contributed by atoms with Gasteiger partial charge in [-0.3, -0.25) is 0 Å². The first kappa shape index (κ1) is 9.36. The fourth-order valence-corrected chi connectivity index (χ4v) is 1.90. The molecule has 72 valence electrons. The van der Waals surface area contributed by atoms with E-state index in [1.807, 2.05) is 18.2 Å². The highest BCUT2D eigenvalue weighted by Gasteiger charge is 2.07. The van der Waals surface area contributed by atoms with E-state index in [-0.39, 0.29) is 0 Å². The summed E-state index contributed by atoms with van der Waals surface area (Å²) in [7, 11) is 0. The van der Waals surface area contributed by atoms with Gasteiger partial charge in [0, 0.05) is 11.0 Å². The molecule has 0 aliphatic carbocycles. The van der Waals surface area contributed by atoms with Gasteiger partial charge >= 0.3 is 0 Å². The smallest absolute Gasteiger partial charge is 0.0850 e. The molecule has 1 aromatic heterocycles. The van der Waals surface area contributed by atoms with Crippen molar-refractivity contribution >= 4 is 15.9 Å². The van der Waals surface area contributed by atoms with Crippen molar-refractivity contribution in [3.8, 4) is 5.69 Å². The molecule has 1 aromatic carbocycles. The zero-order valence-electron chi connectivity index (χ0n) is 7.39. The van der Waals surface area contributed by atoms with Crippen molar-refractivity contribution in [1.29, 1.82) is 0 Å². The van der Waals surface area contributed by atoms with Gasteiger partial charge in [0.15, 0.2) is 0 Å². The van der Waals surface area contributed by atoms with Crippen LogP contribution < -0.4 is 5.73 Å². The van der Waals surface area contributed by atoms with E-state index >= 15 is 0 Å². The monoisotopic (exact) mass is 252 g/mol. The zero-order chi connectivity index (χ0) is 9.97. The van der Waals surface area contributed by atoms with Crippen LogP contribution in [0.4, 0.5) is 0 Å². The van der Waals surface area contributed by atoms with Gasteiger partial charge in [0.1, 0.15) is 0 Å². The van der Waals surface area contributed by atoms with Gasteiger partial charge in [0.2, 0.25) is 0 Å². The predicted molar refractivity (Wildman–Crippen MR) is 57.0 cm³/mol. The topological polar surface area (TPSA) is 56.7 Å². The minimum atomic E-state index is 0.481. The first-order chi connectivity index (χ1) is 6.83. The van der Waals surface area contributed by atoms with Gasteiger partial charge in [0.05, 0.1) is 18.1 Å².